The van der Waals surface area contributed by atoms with Crippen LogP contribution in [0.3, 0.4) is 0 Å². The van der Waals surface area contributed by atoms with Gasteiger partial charge in [-0.2, -0.15) is 0 Å². The number of amidine groups is 1. The van der Waals surface area contributed by atoms with E-state index >= 15 is 0 Å². The zero-order chi connectivity index (χ0) is 9.84. The summed E-state index contributed by atoms with van der Waals surface area (Å²) in [5, 5.41) is 24.9. The highest BCUT2D eigenvalue weighted by Gasteiger charge is 2.03. The first-order valence-corrected chi connectivity index (χ1v) is 4.06. The highest BCUT2D eigenvalue weighted by atomic mass is 32.1. The van der Waals surface area contributed by atoms with Crippen molar-refractivity contribution in [3.63, 3.8) is 0 Å². The van der Waals surface area contributed by atoms with E-state index in [0.29, 0.717) is 10.6 Å². The third-order valence-electron chi connectivity index (χ3n) is 1.22. The summed E-state index contributed by atoms with van der Waals surface area (Å²) in [7, 11) is 0. The minimum atomic E-state index is -1.16. The van der Waals surface area contributed by atoms with E-state index in [0.717, 1.165) is 11.3 Å². The Morgan fingerprint density at radius 2 is 2.46 bits per heavy atom. The van der Waals surface area contributed by atoms with E-state index in [9.17, 15) is 10.0 Å². The quantitative estimate of drug-likeness (QED) is 0.376. The van der Waals surface area contributed by atoms with E-state index in [1.165, 1.54) is 6.07 Å². The Labute approximate surface area is 77.3 Å². The molecule has 6 nitrogen and oxygen atoms in total. The highest BCUT2D eigenvalue weighted by molar-refractivity contribution is 7.14. The molecule has 0 radical (unpaired) electrons. The Morgan fingerprint density at radius 1 is 1.77 bits per heavy atom. The molecule has 13 heavy (non-hydrogen) atoms. The second-order valence-electron chi connectivity index (χ2n) is 2.11. The lowest BCUT2D eigenvalue weighted by molar-refractivity contribution is 0.210. The predicted octanol–water partition coefficient (Wildman–Crippen LogP) is 1.04. The number of rotatable bonds is 2. The van der Waals surface area contributed by atoms with Crippen molar-refractivity contribution >= 4 is 28.3 Å². The first-order valence-electron chi connectivity index (χ1n) is 3.18. The van der Waals surface area contributed by atoms with E-state index in [1.54, 1.807) is 5.38 Å². The second-order valence-corrected chi connectivity index (χ2v) is 3.02. The van der Waals surface area contributed by atoms with Gasteiger partial charge < -0.3 is 21.2 Å². The lowest BCUT2D eigenvalue weighted by Crippen LogP contribution is -2.11. The summed E-state index contributed by atoms with van der Waals surface area (Å²) in [5.74, 6) is -0.158. The molecule has 1 aromatic rings. The molecule has 0 spiro atoms. The molecular weight excluding hydrogens is 194 g/mol. The maximum atomic E-state index is 10.2. The molecule has 7 heteroatoms. The van der Waals surface area contributed by atoms with Crippen molar-refractivity contribution < 1.29 is 9.90 Å². The van der Waals surface area contributed by atoms with Crippen molar-refractivity contribution in [1.82, 2.24) is 0 Å². The van der Waals surface area contributed by atoms with Gasteiger partial charge in [0.2, 0.25) is 0 Å². The second kappa shape index (κ2) is 3.76. The molecular formula is C6H6N3O3S-. The molecule has 1 amide bonds. The Morgan fingerprint density at radius 3 is 3.00 bits per heavy atom. The number of nitrogens with two attached hydrogens (primary N) is 1. The molecule has 0 atom stereocenters. The Kier molecular flexibility index (Phi) is 2.70. The topological polar surface area (TPSA) is 111 Å². The maximum absolute atomic E-state index is 10.2. The van der Waals surface area contributed by atoms with Crippen molar-refractivity contribution in [3.05, 3.63) is 22.2 Å². The zero-order valence-corrected chi connectivity index (χ0v) is 7.17. The smallest absolute Gasteiger partial charge is 0.409 e. The van der Waals surface area contributed by atoms with E-state index < -0.39 is 6.09 Å². The molecule has 1 rings (SSSR count). The van der Waals surface area contributed by atoms with Crippen LogP contribution in [0.2, 0.25) is 0 Å². The number of hydrogen-bond donors (Lipinski definition) is 3. The van der Waals surface area contributed by atoms with E-state index in [4.69, 9.17) is 10.8 Å². The van der Waals surface area contributed by atoms with Gasteiger partial charge in [-0.1, -0.05) is 0 Å². The van der Waals surface area contributed by atoms with Crippen LogP contribution in [0.25, 0.3) is 0 Å². The van der Waals surface area contributed by atoms with Crippen LogP contribution in [-0.4, -0.2) is 17.0 Å². The molecule has 0 aliphatic carbocycles. The summed E-state index contributed by atoms with van der Waals surface area (Å²) < 4.78 is 0. The summed E-state index contributed by atoms with van der Waals surface area (Å²) >= 11 is 1.13. The van der Waals surface area contributed by atoms with Gasteiger partial charge in [0.25, 0.3) is 0 Å². The van der Waals surface area contributed by atoms with Gasteiger partial charge in [-0.3, -0.25) is 5.32 Å². The average Bonchev–Trinajstić information content (AvgIpc) is 2.50. The monoisotopic (exact) mass is 200 g/mol. The largest absolute Gasteiger partial charge is 0.790 e. The van der Waals surface area contributed by atoms with Crippen LogP contribution < -0.4 is 11.1 Å². The van der Waals surface area contributed by atoms with Crippen LogP contribution in [0.1, 0.15) is 5.56 Å². The normalized spacial score (nSPS) is 11.2. The van der Waals surface area contributed by atoms with Gasteiger partial charge in [0.15, 0.2) is 0 Å². The lowest BCUT2D eigenvalue weighted by atomic mass is 10.3. The highest BCUT2D eigenvalue weighted by Crippen LogP contribution is 2.19. The minimum absolute atomic E-state index is 0.158. The molecule has 0 fully saturated rings. The van der Waals surface area contributed by atoms with Gasteiger partial charge in [-0.15, -0.1) is 11.3 Å². The molecule has 0 saturated heterocycles. The first-order chi connectivity index (χ1) is 6.13. The van der Waals surface area contributed by atoms with Crippen LogP contribution in [0.4, 0.5) is 9.80 Å². The van der Waals surface area contributed by atoms with Crippen LogP contribution in [0, 0.1) is 5.21 Å². The number of nitrogens with one attached hydrogen (secondary N) is 1. The summed E-state index contributed by atoms with van der Waals surface area (Å²) in [6.07, 6.45) is -1.16. The number of amides is 1. The number of hydrogen-bond acceptors (Lipinski definition) is 4. The van der Waals surface area contributed by atoms with Gasteiger partial charge in [-0.05, 0) is 6.07 Å². The standard InChI is InChI=1S/C6H7N3O3S/c7-5(9-12)3-1-4(13-2-3)8-6(10)11/h1-2,8,12H,(H2,7,9)(H,10,11)/p-1. The Balaban J connectivity index is 2.80. The van der Waals surface area contributed by atoms with Crippen molar-refractivity contribution in [3.8, 4) is 0 Å². The van der Waals surface area contributed by atoms with Gasteiger partial charge in [0.05, 0.1) is 5.00 Å². The van der Waals surface area contributed by atoms with Crippen LogP contribution in [-0.2, 0) is 0 Å². The SMILES string of the molecule is N/C(=N/[O-])c1csc(NC(=O)O)c1. The molecule has 0 aliphatic heterocycles. The minimum Gasteiger partial charge on any atom is -0.790 e. The summed E-state index contributed by atoms with van der Waals surface area (Å²) in [5.41, 5.74) is 5.63. The number of thiophene rings is 1. The zero-order valence-electron chi connectivity index (χ0n) is 6.35. The molecule has 0 aromatic carbocycles. The summed E-state index contributed by atoms with van der Waals surface area (Å²) in [6.45, 7) is 0. The van der Waals surface area contributed by atoms with Crippen LogP contribution in [0.15, 0.2) is 16.6 Å². The fraction of sp³-hybridized carbons (Fsp3) is 0. The van der Waals surface area contributed by atoms with E-state index in [2.05, 4.69) is 10.5 Å². The fourth-order valence-corrected chi connectivity index (χ4v) is 1.48. The lowest BCUT2D eigenvalue weighted by Gasteiger charge is -1.97. The first kappa shape index (κ1) is 9.33. The fourth-order valence-electron chi connectivity index (χ4n) is 0.694. The molecule has 0 bridgehead atoms. The Hall–Kier alpha value is -1.76. The molecule has 0 unspecified atom stereocenters. The number of carboxylic acid groups (broad SMARTS) is 1. The summed E-state index contributed by atoms with van der Waals surface area (Å²) in [6, 6.07) is 1.44. The van der Waals surface area contributed by atoms with Gasteiger partial charge in [0.1, 0.15) is 5.84 Å². The number of anilines is 1. The molecule has 1 heterocycles. The van der Waals surface area contributed by atoms with Crippen molar-refractivity contribution in [2.45, 2.75) is 0 Å². The molecule has 70 valence electrons. The van der Waals surface area contributed by atoms with Gasteiger partial charge >= 0.3 is 6.09 Å². The summed E-state index contributed by atoms with van der Waals surface area (Å²) in [4.78, 5) is 10.2. The molecule has 4 N–H and O–H groups in total. The van der Waals surface area contributed by atoms with Crippen molar-refractivity contribution in [2.75, 3.05) is 5.32 Å². The van der Waals surface area contributed by atoms with Crippen molar-refractivity contribution in [1.29, 1.82) is 0 Å². The number of nitrogens with zero attached hydrogens (tertiary/aromatic N) is 1. The third kappa shape index (κ3) is 2.34. The maximum Gasteiger partial charge on any atom is 0.409 e. The third-order valence-corrected chi connectivity index (χ3v) is 2.07. The van der Waals surface area contributed by atoms with Gasteiger partial charge in [0, 0.05) is 10.9 Å². The average molecular weight is 200 g/mol. The molecule has 0 aliphatic rings. The predicted molar refractivity (Wildman–Crippen MR) is 50.1 cm³/mol. The molecule has 0 saturated carbocycles. The van der Waals surface area contributed by atoms with Crippen LogP contribution >= 0.6 is 11.3 Å². The van der Waals surface area contributed by atoms with E-state index in [-0.39, 0.29) is 5.84 Å². The molecule has 1 aromatic heterocycles. The van der Waals surface area contributed by atoms with E-state index in [1.807, 2.05) is 0 Å². The van der Waals surface area contributed by atoms with Crippen LogP contribution in [0.5, 0.6) is 0 Å². The Bertz CT molecular complexity index is 347. The van der Waals surface area contributed by atoms with Gasteiger partial charge in [-0.25, -0.2) is 4.79 Å². The number of carbonyl (C=O) groups is 1. The van der Waals surface area contributed by atoms with Crippen molar-refractivity contribution in [2.24, 2.45) is 10.9 Å².